The van der Waals surface area contributed by atoms with E-state index in [9.17, 15) is 0 Å². The van der Waals surface area contributed by atoms with E-state index in [1.165, 1.54) is 98.7 Å². The van der Waals surface area contributed by atoms with Crippen LogP contribution in [-0.4, -0.2) is 0 Å². The van der Waals surface area contributed by atoms with Crippen molar-refractivity contribution in [1.29, 1.82) is 0 Å². The summed E-state index contributed by atoms with van der Waals surface area (Å²) in [4.78, 5) is 0. The largest absolute Gasteiger partial charge is 0.455 e. The number of hydrogen-bond donors (Lipinski definition) is 0. The molecule has 56 heavy (non-hydrogen) atoms. The second-order valence-corrected chi connectivity index (χ2v) is 15.9. The van der Waals surface area contributed by atoms with Crippen LogP contribution < -0.4 is 0 Å². The quantitative estimate of drug-likeness (QED) is 0.166. The molecule has 0 spiro atoms. The molecule has 1 aliphatic rings. The number of fused-ring (bicyclic) bond motifs is 11. The van der Waals surface area contributed by atoms with Crippen LogP contribution in [0, 0.1) is 0 Å². The van der Waals surface area contributed by atoms with Gasteiger partial charge in [-0.25, -0.2) is 0 Å². The molecule has 0 N–H and O–H groups in total. The summed E-state index contributed by atoms with van der Waals surface area (Å²) in [6.07, 6.45) is 0. The minimum absolute atomic E-state index is 0.227. The SMILES string of the molecule is CC1(C)c2ccccc2-c2cc3oc4c5ccccc5ccc4c3c(-c3ccc(-c4c5ccccc5c(-c5ccccc5)c5ccccc45)c4ccccc34)c21. The van der Waals surface area contributed by atoms with E-state index in [1.54, 1.807) is 0 Å². The summed E-state index contributed by atoms with van der Waals surface area (Å²) in [6.45, 7) is 4.79. The summed E-state index contributed by atoms with van der Waals surface area (Å²) < 4.78 is 6.99. The van der Waals surface area contributed by atoms with Gasteiger partial charge in [-0.2, -0.15) is 0 Å². The van der Waals surface area contributed by atoms with Crippen LogP contribution in [-0.2, 0) is 5.41 Å². The molecule has 10 aromatic carbocycles. The zero-order chi connectivity index (χ0) is 37.1. The number of benzene rings is 10. The van der Waals surface area contributed by atoms with E-state index in [0.717, 1.165) is 21.9 Å². The lowest BCUT2D eigenvalue weighted by molar-refractivity contribution is 0.660. The minimum Gasteiger partial charge on any atom is -0.455 e. The van der Waals surface area contributed by atoms with E-state index in [0.29, 0.717) is 0 Å². The Labute approximate surface area is 325 Å². The van der Waals surface area contributed by atoms with Crippen molar-refractivity contribution < 1.29 is 4.42 Å². The third kappa shape index (κ3) is 4.20. The highest BCUT2D eigenvalue weighted by Gasteiger charge is 2.39. The third-order valence-electron chi connectivity index (χ3n) is 12.6. The molecule has 0 atom stereocenters. The molecule has 1 aliphatic carbocycles. The molecule has 11 aromatic rings. The Bertz CT molecular complexity index is 3380. The summed E-state index contributed by atoms with van der Waals surface area (Å²) in [5.41, 5.74) is 14.5. The molecule has 1 aromatic heterocycles. The smallest absolute Gasteiger partial charge is 0.143 e. The Morgan fingerprint density at radius 3 is 1.59 bits per heavy atom. The minimum atomic E-state index is -0.227. The topological polar surface area (TPSA) is 13.1 Å². The second kappa shape index (κ2) is 11.5. The van der Waals surface area contributed by atoms with Crippen LogP contribution in [0.15, 0.2) is 186 Å². The van der Waals surface area contributed by atoms with Gasteiger partial charge in [-0.1, -0.05) is 184 Å². The monoisotopic (exact) mass is 712 g/mol. The Morgan fingerprint density at radius 2 is 0.911 bits per heavy atom. The van der Waals surface area contributed by atoms with Gasteiger partial charge in [-0.05, 0) is 105 Å². The van der Waals surface area contributed by atoms with Gasteiger partial charge in [0.2, 0.25) is 0 Å². The highest BCUT2D eigenvalue weighted by atomic mass is 16.3. The molecule has 12 rings (SSSR count). The van der Waals surface area contributed by atoms with Crippen molar-refractivity contribution in [3.05, 3.63) is 193 Å². The summed E-state index contributed by atoms with van der Waals surface area (Å²) in [6, 6.07) is 67.0. The third-order valence-corrected chi connectivity index (χ3v) is 12.6. The molecule has 0 radical (unpaired) electrons. The van der Waals surface area contributed by atoms with Gasteiger partial charge in [0.1, 0.15) is 11.2 Å². The average Bonchev–Trinajstić information content (AvgIpc) is 3.74. The highest BCUT2D eigenvalue weighted by Crippen LogP contribution is 2.57. The molecule has 1 nitrogen and oxygen atoms in total. The second-order valence-electron chi connectivity index (χ2n) is 15.9. The van der Waals surface area contributed by atoms with E-state index >= 15 is 0 Å². The van der Waals surface area contributed by atoms with Gasteiger partial charge in [0, 0.05) is 21.6 Å². The maximum absolute atomic E-state index is 6.99. The van der Waals surface area contributed by atoms with Crippen molar-refractivity contribution in [3.8, 4) is 44.5 Å². The fraction of sp³-hybridized carbons (Fsp3) is 0.0545. The van der Waals surface area contributed by atoms with Crippen LogP contribution in [0.25, 0.3) is 110 Å². The summed E-state index contributed by atoms with van der Waals surface area (Å²) in [5.74, 6) is 0. The molecule has 1 heteroatoms. The number of hydrogen-bond acceptors (Lipinski definition) is 1. The molecule has 0 saturated carbocycles. The standard InChI is InChI=1S/C55H36O/c1-55(2)47-27-15-14-22-38(47)46-32-48-51(45-29-28-33-16-6-7-19-35(33)54(45)56-48)52(53(46)55)44-31-30-43(36-20-8-9-21-37(36)44)50-41-25-12-10-23-39(41)49(34-17-4-3-5-18-34)40-24-11-13-26-42(40)50/h3-32H,1-2H3. The van der Waals surface area contributed by atoms with E-state index in [4.69, 9.17) is 4.42 Å². The van der Waals surface area contributed by atoms with Crippen LogP contribution in [0.4, 0.5) is 0 Å². The van der Waals surface area contributed by atoms with Crippen molar-refractivity contribution in [3.63, 3.8) is 0 Å². The highest BCUT2D eigenvalue weighted by molar-refractivity contribution is 6.26. The number of furan rings is 1. The lowest BCUT2D eigenvalue weighted by Gasteiger charge is -2.26. The molecular formula is C55H36O. The lowest BCUT2D eigenvalue weighted by Crippen LogP contribution is -2.16. The van der Waals surface area contributed by atoms with Gasteiger partial charge in [0.15, 0.2) is 0 Å². The first-order valence-electron chi connectivity index (χ1n) is 19.6. The van der Waals surface area contributed by atoms with Crippen LogP contribution in [0.5, 0.6) is 0 Å². The van der Waals surface area contributed by atoms with Gasteiger partial charge in [-0.15, -0.1) is 0 Å². The Hall–Kier alpha value is -6.96. The summed E-state index contributed by atoms with van der Waals surface area (Å²) >= 11 is 0. The van der Waals surface area contributed by atoms with Crippen molar-refractivity contribution in [1.82, 2.24) is 0 Å². The zero-order valence-corrected chi connectivity index (χ0v) is 31.2. The molecule has 0 fully saturated rings. The molecule has 0 unspecified atom stereocenters. The Kier molecular flexibility index (Phi) is 6.46. The van der Waals surface area contributed by atoms with Gasteiger partial charge >= 0.3 is 0 Å². The van der Waals surface area contributed by atoms with E-state index in [-0.39, 0.29) is 5.41 Å². The van der Waals surface area contributed by atoms with Crippen molar-refractivity contribution in [2.75, 3.05) is 0 Å². The molecule has 0 aliphatic heterocycles. The van der Waals surface area contributed by atoms with Crippen LogP contribution in [0.1, 0.15) is 25.0 Å². The Balaban J connectivity index is 1.22. The van der Waals surface area contributed by atoms with Crippen LogP contribution in [0.3, 0.4) is 0 Å². The molecular weight excluding hydrogens is 677 g/mol. The van der Waals surface area contributed by atoms with Gasteiger partial charge in [-0.3, -0.25) is 0 Å². The average molecular weight is 713 g/mol. The van der Waals surface area contributed by atoms with Crippen LogP contribution >= 0.6 is 0 Å². The first-order chi connectivity index (χ1) is 27.6. The molecule has 0 amide bonds. The maximum Gasteiger partial charge on any atom is 0.143 e. The molecule has 1 heterocycles. The van der Waals surface area contributed by atoms with Gasteiger partial charge < -0.3 is 4.42 Å². The van der Waals surface area contributed by atoms with Gasteiger partial charge in [0.05, 0.1) is 0 Å². The normalized spacial score (nSPS) is 13.3. The fourth-order valence-corrected chi connectivity index (χ4v) is 10.3. The van der Waals surface area contributed by atoms with E-state index in [2.05, 4.69) is 196 Å². The number of rotatable bonds is 3. The van der Waals surface area contributed by atoms with E-state index in [1.807, 2.05) is 0 Å². The van der Waals surface area contributed by atoms with Crippen molar-refractivity contribution in [2.45, 2.75) is 19.3 Å². The molecule has 0 saturated heterocycles. The van der Waals surface area contributed by atoms with E-state index < -0.39 is 0 Å². The fourth-order valence-electron chi connectivity index (χ4n) is 10.3. The maximum atomic E-state index is 6.99. The first-order valence-corrected chi connectivity index (χ1v) is 19.6. The van der Waals surface area contributed by atoms with Crippen molar-refractivity contribution >= 4 is 65.0 Å². The lowest BCUT2D eigenvalue weighted by atomic mass is 9.76. The summed E-state index contributed by atoms with van der Waals surface area (Å²) in [5, 5.41) is 12.2. The predicted octanol–water partition coefficient (Wildman–Crippen LogP) is 15.5. The summed E-state index contributed by atoms with van der Waals surface area (Å²) in [7, 11) is 0. The predicted molar refractivity (Wildman–Crippen MR) is 238 cm³/mol. The Morgan fingerprint density at radius 1 is 0.375 bits per heavy atom. The van der Waals surface area contributed by atoms with Crippen molar-refractivity contribution in [2.24, 2.45) is 0 Å². The zero-order valence-electron chi connectivity index (χ0n) is 31.2. The molecule has 262 valence electrons. The first kappa shape index (κ1) is 31.4. The molecule has 0 bridgehead atoms. The van der Waals surface area contributed by atoms with Gasteiger partial charge in [0.25, 0.3) is 0 Å². The van der Waals surface area contributed by atoms with Crippen LogP contribution in [0.2, 0.25) is 0 Å².